The number of carboxylic acid groups (broad SMARTS) is 1. The molecule has 1 saturated heterocycles. The average Bonchev–Trinajstić information content (AvgIpc) is 3.09. The van der Waals surface area contributed by atoms with Crippen molar-refractivity contribution >= 4 is 17.6 Å². The van der Waals surface area contributed by atoms with E-state index in [4.69, 9.17) is 4.74 Å². The van der Waals surface area contributed by atoms with Gasteiger partial charge in [-0.15, -0.1) is 0 Å². The van der Waals surface area contributed by atoms with Gasteiger partial charge in [0.15, 0.2) is 0 Å². The summed E-state index contributed by atoms with van der Waals surface area (Å²) in [5.74, 6) is -0.274. The van der Waals surface area contributed by atoms with Gasteiger partial charge < -0.3 is 24.6 Å². The number of carbonyl (C=O) groups is 2. The molecule has 0 spiro atoms. The smallest absolute Gasteiger partial charge is 0.337 e. The van der Waals surface area contributed by atoms with E-state index in [-0.39, 0.29) is 17.9 Å². The number of aromatic carboxylic acids is 1. The summed E-state index contributed by atoms with van der Waals surface area (Å²) >= 11 is 0. The van der Waals surface area contributed by atoms with Crippen molar-refractivity contribution in [3.8, 4) is 5.75 Å². The van der Waals surface area contributed by atoms with Crippen molar-refractivity contribution in [3.05, 3.63) is 47.3 Å². The van der Waals surface area contributed by atoms with E-state index in [0.717, 1.165) is 38.5 Å². The second-order valence-corrected chi connectivity index (χ2v) is 7.78. The van der Waals surface area contributed by atoms with Crippen molar-refractivity contribution < 1.29 is 19.4 Å². The molecule has 168 valence electrons. The van der Waals surface area contributed by atoms with Gasteiger partial charge in [-0.25, -0.2) is 4.79 Å². The minimum atomic E-state index is -0.984. The Morgan fingerprint density at radius 3 is 2.39 bits per heavy atom. The van der Waals surface area contributed by atoms with Gasteiger partial charge in [-0.2, -0.15) is 0 Å². The van der Waals surface area contributed by atoms with Gasteiger partial charge in [0.05, 0.1) is 19.1 Å². The highest BCUT2D eigenvalue weighted by Gasteiger charge is 2.21. The van der Waals surface area contributed by atoms with Crippen LogP contribution in [0.4, 0.5) is 5.69 Å². The summed E-state index contributed by atoms with van der Waals surface area (Å²) in [6.07, 6.45) is 1.88. The Balaban J connectivity index is 1.44. The molecule has 1 aliphatic heterocycles. The standard InChI is InChI=1S/C23H32N4O4/c1-4-26-16-17(2)22(23(29)30)20(26)15-21(28)24-9-10-25-11-13-27(14-12-25)18-5-7-19(31-3)8-6-18/h5-8,16H,4,9-15H2,1-3H3,(H,24,28)(H,29,30). The predicted molar refractivity (Wildman–Crippen MR) is 120 cm³/mol. The molecule has 2 heterocycles. The van der Waals surface area contributed by atoms with Crippen LogP contribution in [0.1, 0.15) is 28.5 Å². The summed E-state index contributed by atoms with van der Waals surface area (Å²) in [5.41, 5.74) is 2.69. The molecule has 8 heteroatoms. The summed E-state index contributed by atoms with van der Waals surface area (Å²) in [5, 5.41) is 12.4. The summed E-state index contributed by atoms with van der Waals surface area (Å²) in [6, 6.07) is 8.11. The van der Waals surface area contributed by atoms with E-state index in [1.807, 2.05) is 23.6 Å². The number of aryl methyl sites for hydroxylation is 2. The van der Waals surface area contributed by atoms with E-state index in [0.29, 0.717) is 24.3 Å². The molecule has 1 fully saturated rings. The molecule has 0 bridgehead atoms. The maximum Gasteiger partial charge on any atom is 0.337 e. The van der Waals surface area contributed by atoms with E-state index in [2.05, 4.69) is 27.2 Å². The lowest BCUT2D eigenvalue weighted by Gasteiger charge is -2.36. The van der Waals surface area contributed by atoms with Gasteiger partial charge in [0.25, 0.3) is 0 Å². The van der Waals surface area contributed by atoms with Crippen molar-refractivity contribution in [1.82, 2.24) is 14.8 Å². The maximum absolute atomic E-state index is 12.4. The van der Waals surface area contributed by atoms with E-state index < -0.39 is 5.97 Å². The first kappa shape index (κ1) is 22.7. The number of hydrogen-bond donors (Lipinski definition) is 2. The second-order valence-electron chi connectivity index (χ2n) is 7.78. The predicted octanol–water partition coefficient (Wildman–Crippen LogP) is 2.00. The fourth-order valence-corrected chi connectivity index (χ4v) is 4.10. The number of ether oxygens (including phenoxy) is 1. The van der Waals surface area contributed by atoms with Crippen LogP contribution in [0.15, 0.2) is 30.5 Å². The number of benzene rings is 1. The zero-order chi connectivity index (χ0) is 22.4. The lowest BCUT2D eigenvalue weighted by atomic mass is 10.1. The van der Waals surface area contributed by atoms with E-state index in [1.54, 1.807) is 20.2 Å². The highest BCUT2D eigenvalue weighted by molar-refractivity contribution is 5.93. The van der Waals surface area contributed by atoms with E-state index in [9.17, 15) is 14.7 Å². The first-order chi connectivity index (χ1) is 14.9. The molecule has 0 aliphatic carbocycles. The molecule has 0 radical (unpaired) electrons. The molecule has 1 aromatic carbocycles. The minimum Gasteiger partial charge on any atom is -0.497 e. The number of hydrogen-bond acceptors (Lipinski definition) is 5. The molecule has 1 aliphatic rings. The van der Waals surface area contributed by atoms with Crippen LogP contribution in [0.25, 0.3) is 0 Å². The van der Waals surface area contributed by atoms with Crippen molar-refractivity contribution in [3.63, 3.8) is 0 Å². The maximum atomic E-state index is 12.4. The Kier molecular flexibility index (Phi) is 7.57. The number of anilines is 1. The van der Waals surface area contributed by atoms with Gasteiger partial charge in [0.2, 0.25) is 5.91 Å². The third-order valence-corrected chi connectivity index (χ3v) is 5.82. The van der Waals surface area contributed by atoms with Crippen LogP contribution >= 0.6 is 0 Å². The fourth-order valence-electron chi connectivity index (χ4n) is 4.10. The molecule has 31 heavy (non-hydrogen) atoms. The highest BCUT2D eigenvalue weighted by Crippen LogP contribution is 2.20. The van der Waals surface area contributed by atoms with Crippen molar-refractivity contribution in [2.24, 2.45) is 0 Å². The molecule has 1 amide bonds. The van der Waals surface area contributed by atoms with Crippen LogP contribution in [0.5, 0.6) is 5.75 Å². The second kappa shape index (κ2) is 10.3. The van der Waals surface area contributed by atoms with Crippen LogP contribution in [0.3, 0.4) is 0 Å². The normalized spacial score (nSPS) is 14.5. The van der Waals surface area contributed by atoms with Gasteiger partial charge in [-0.1, -0.05) is 0 Å². The molecule has 0 saturated carbocycles. The zero-order valence-corrected chi connectivity index (χ0v) is 18.6. The van der Waals surface area contributed by atoms with Crippen LogP contribution in [0.2, 0.25) is 0 Å². The van der Waals surface area contributed by atoms with E-state index >= 15 is 0 Å². The fraction of sp³-hybridized carbons (Fsp3) is 0.478. The van der Waals surface area contributed by atoms with Gasteiger partial charge in [-0.3, -0.25) is 9.69 Å². The largest absolute Gasteiger partial charge is 0.497 e. The first-order valence-corrected chi connectivity index (χ1v) is 10.7. The Hall–Kier alpha value is -3.00. The number of rotatable bonds is 9. The molecule has 8 nitrogen and oxygen atoms in total. The third kappa shape index (κ3) is 5.58. The number of piperazine rings is 1. The summed E-state index contributed by atoms with van der Waals surface area (Å²) < 4.78 is 7.06. The highest BCUT2D eigenvalue weighted by atomic mass is 16.5. The number of carboxylic acids is 1. The summed E-state index contributed by atoms with van der Waals surface area (Å²) in [7, 11) is 1.67. The molecule has 0 unspecified atom stereocenters. The zero-order valence-electron chi connectivity index (χ0n) is 18.6. The molecule has 0 atom stereocenters. The van der Waals surface area contributed by atoms with Crippen LogP contribution in [-0.2, 0) is 17.8 Å². The van der Waals surface area contributed by atoms with E-state index in [1.165, 1.54) is 5.69 Å². The number of carbonyl (C=O) groups excluding carboxylic acids is 1. The number of nitrogens with one attached hydrogen (secondary N) is 1. The Bertz CT molecular complexity index is 899. The Labute approximate surface area is 183 Å². The van der Waals surface area contributed by atoms with Gasteiger partial charge in [0, 0.05) is 63.4 Å². The number of nitrogens with zero attached hydrogens (tertiary/aromatic N) is 3. The Morgan fingerprint density at radius 2 is 1.81 bits per heavy atom. The first-order valence-electron chi connectivity index (χ1n) is 10.7. The summed E-state index contributed by atoms with van der Waals surface area (Å²) in [6.45, 7) is 9.41. The minimum absolute atomic E-state index is 0.0779. The van der Waals surface area contributed by atoms with Crippen molar-refractivity contribution in [2.45, 2.75) is 26.8 Å². The van der Waals surface area contributed by atoms with Crippen molar-refractivity contribution in [1.29, 1.82) is 0 Å². The number of aromatic nitrogens is 1. The average molecular weight is 429 g/mol. The third-order valence-electron chi connectivity index (χ3n) is 5.82. The molecule has 2 aromatic rings. The summed E-state index contributed by atoms with van der Waals surface area (Å²) in [4.78, 5) is 28.7. The van der Waals surface area contributed by atoms with Gasteiger partial charge in [0.1, 0.15) is 5.75 Å². The van der Waals surface area contributed by atoms with Gasteiger partial charge >= 0.3 is 5.97 Å². The lowest BCUT2D eigenvalue weighted by molar-refractivity contribution is -0.120. The van der Waals surface area contributed by atoms with Gasteiger partial charge in [-0.05, 0) is 43.7 Å². The Morgan fingerprint density at radius 1 is 1.13 bits per heavy atom. The van der Waals surface area contributed by atoms with Crippen molar-refractivity contribution in [2.75, 3.05) is 51.3 Å². The molecular formula is C23H32N4O4. The van der Waals surface area contributed by atoms with Crippen LogP contribution in [0, 0.1) is 6.92 Å². The molecule has 3 rings (SSSR count). The SMILES string of the molecule is CCn1cc(C)c(C(=O)O)c1CC(=O)NCCN1CCN(c2ccc(OC)cc2)CC1. The lowest BCUT2D eigenvalue weighted by Crippen LogP contribution is -2.48. The number of methoxy groups -OCH3 is 1. The topological polar surface area (TPSA) is 87.0 Å². The number of amides is 1. The quantitative estimate of drug-likeness (QED) is 0.635. The molecular weight excluding hydrogens is 396 g/mol. The van der Waals surface area contributed by atoms with Crippen LogP contribution in [-0.4, -0.2) is 72.8 Å². The monoisotopic (exact) mass is 428 g/mol. The molecule has 2 N–H and O–H groups in total. The van der Waals surface area contributed by atoms with Crippen LogP contribution < -0.4 is 15.0 Å². The molecule has 1 aromatic heterocycles.